The van der Waals surface area contributed by atoms with Crippen molar-refractivity contribution in [3.63, 3.8) is 0 Å². The summed E-state index contributed by atoms with van der Waals surface area (Å²) >= 11 is 0. The Kier molecular flexibility index (Phi) is 2.63. The third-order valence-corrected chi connectivity index (χ3v) is 1.87. The molecule has 0 aromatic carbocycles. The van der Waals surface area contributed by atoms with Gasteiger partial charge in [0, 0.05) is 6.42 Å². The van der Waals surface area contributed by atoms with E-state index in [4.69, 9.17) is 4.74 Å². The quantitative estimate of drug-likeness (QED) is 0.453. The Morgan fingerprint density at radius 2 is 2.09 bits per heavy atom. The van der Waals surface area contributed by atoms with E-state index in [2.05, 4.69) is 0 Å². The summed E-state index contributed by atoms with van der Waals surface area (Å²) in [6.07, 6.45) is 3.22. The monoisotopic (exact) mass is 156 g/mol. The van der Waals surface area contributed by atoms with Gasteiger partial charge in [0.05, 0.1) is 0 Å². The molecule has 0 radical (unpaired) electrons. The van der Waals surface area contributed by atoms with Crippen LogP contribution in [0.5, 0.6) is 0 Å². The molecule has 0 atom stereocenters. The molecule has 3 heteroatoms. The normalized spacial score (nSPS) is 17.2. The summed E-state index contributed by atoms with van der Waals surface area (Å²) in [5.74, 6) is -1.07. The Morgan fingerprint density at radius 3 is 2.45 bits per heavy atom. The lowest BCUT2D eigenvalue weighted by Gasteiger charge is -2.24. The van der Waals surface area contributed by atoms with Crippen molar-refractivity contribution in [2.75, 3.05) is 0 Å². The zero-order chi connectivity index (χ0) is 8.27. The van der Waals surface area contributed by atoms with Crippen molar-refractivity contribution >= 4 is 11.8 Å². The van der Waals surface area contributed by atoms with Crippen LogP contribution in [0, 0.1) is 0 Å². The van der Waals surface area contributed by atoms with Crippen LogP contribution < -0.4 is 0 Å². The number of esters is 1. The van der Waals surface area contributed by atoms with Crippen molar-refractivity contribution in [3.8, 4) is 0 Å². The average molecular weight is 156 g/mol. The molecule has 0 heterocycles. The summed E-state index contributed by atoms with van der Waals surface area (Å²) in [6.45, 7) is 1.66. The van der Waals surface area contributed by atoms with Crippen LogP contribution in [-0.2, 0) is 14.3 Å². The fraction of sp³-hybridized carbons (Fsp3) is 0.750. The SMILES string of the molecule is CCC(=O)C(=O)OC1CCC1. The highest BCUT2D eigenvalue weighted by atomic mass is 16.5. The maximum Gasteiger partial charge on any atom is 0.374 e. The Labute approximate surface area is 65.7 Å². The van der Waals surface area contributed by atoms with Crippen molar-refractivity contribution in [3.05, 3.63) is 0 Å². The summed E-state index contributed by atoms with van der Waals surface area (Å²) in [5.41, 5.74) is 0. The largest absolute Gasteiger partial charge is 0.457 e. The van der Waals surface area contributed by atoms with Crippen molar-refractivity contribution < 1.29 is 14.3 Å². The molecule has 1 rings (SSSR count). The van der Waals surface area contributed by atoms with Crippen LogP contribution in [0.1, 0.15) is 32.6 Å². The highest BCUT2D eigenvalue weighted by Crippen LogP contribution is 2.21. The minimum Gasteiger partial charge on any atom is -0.457 e. The number of ketones is 1. The second-order valence-electron chi connectivity index (χ2n) is 2.73. The lowest BCUT2D eigenvalue weighted by molar-refractivity contribution is -0.160. The van der Waals surface area contributed by atoms with Gasteiger partial charge in [0.2, 0.25) is 5.78 Å². The fourth-order valence-corrected chi connectivity index (χ4v) is 0.850. The van der Waals surface area contributed by atoms with E-state index in [1.165, 1.54) is 0 Å². The van der Waals surface area contributed by atoms with E-state index in [1.54, 1.807) is 6.92 Å². The van der Waals surface area contributed by atoms with Gasteiger partial charge in [-0.1, -0.05) is 6.92 Å². The van der Waals surface area contributed by atoms with E-state index in [0.717, 1.165) is 19.3 Å². The second kappa shape index (κ2) is 3.51. The van der Waals surface area contributed by atoms with Gasteiger partial charge in [-0.2, -0.15) is 0 Å². The van der Waals surface area contributed by atoms with Crippen molar-refractivity contribution in [1.29, 1.82) is 0 Å². The van der Waals surface area contributed by atoms with E-state index >= 15 is 0 Å². The first kappa shape index (κ1) is 8.24. The highest BCUT2D eigenvalue weighted by molar-refractivity contribution is 6.33. The van der Waals surface area contributed by atoms with Crippen LogP contribution in [0.4, 0.5) is 0 Å². The first-order chi connectivity index (χ1) is 5.24. The number of hydrogen-bond donors (Lipinski definition) is 0. The van der Waals surface area contributed by atoms with E-state index < -0.39 is 11.8 Å². The third kappa shape index (κ3) is 2.03. The number of carbonyl (C=O) groups is 2. The summed E-state index contributed by atoms with van der Waals surface area (Å²) in [6, 6.07) is 0. The molecule has 0 bridgehead atoms. The summed E-state index contributed by atoms with van der Waals surface area (Å²) in [4.78, 5) is 21.5. The molecule has 1 fully saturated rings. The summed E-state index contributed by atoms with van der Waals surface area (Å²) < 4.78 is 4.85. The van der Waals surface area contributed by atoms with Gasteiger partial charge in [0.25, 0.3) is 0 Å². The molecule has 0 N–H and O–H groups in total. The highest BCUT2D eigenvalue weighted by Gasteiger charge is 2.24. The molecule has 1 aliphatic rings. The first-order valence-electron chi connectivity index (χ1n) is 3.98. The Hall–Kier alpha value is -0.860. The molecule has 3 nitrogen and oxygen atoms in total. The van der Waals surface area contributed by atoms with Crippen LogP contribution >= 0.6 is 0 Å². The standard InChI is InChI=1S/C8H12O3/c1-2-7(9)8(10)11-6-4-3-5-6/h6H,2-5H2,1H3. The lowest BCUT2D eigenvalue weighted by atomic mass is 9.96. The predicted molar refractivity (Wildman–Crippen MR) is 39.0 cm³/mol. The van der Waals surface area contributed by atoms with Crippen LogP contribution in [0.15, 0.2) is 0 Å². The van der Waals surface area contributed by atoms with Gasteiger partial charge < -0.3 is 4.74 Å². The number of rotatable bonds is 3. The van der Waals surface area contributed by atoms with Crippen LogP contribution in [0.25, 0.3) is 0 Å². The van der Waals surface area contributed by atoms with E-state index in [-0.39, 0.29) is 12.5 Å². The molecular formula is C8H12O3. The van der Waals surface area contributed by atoms with Gasteiger partial charge >= 0.3 is 5.97 Å². The smallest absolute Gasteiger partial charge is 0.374 e. The third-order valence-electron chi connectivity index (χ3n) is 1.87. The number of carbonyl (C=O) groups excluding carboxylic acids is 2. The molecular weight excluding hydrogens is 144 g/mol. The Morgan fingerprint density at radius 1 is 1.45 bits per heavy atom. The van der Waals surface area contributed by atoms with Crippen molar-refractivity contribution in [2.45, 2.75) is 38.7 Å². The molecule has 0 aliphatic heterocycles. The topological polar surface area (TPSA) is 43.4 Å². The average Bonchev–Trinajstić information content (AvgIpc) is 1.94. The van der Waals surface area contributed by atoms with E-state index in [1.807, 2.05) is 0 Å². The summed E-state index contributed by atoms with van der Waals surface area (Å²) in [7, 11) is 0. The molecule has 0 aromatic heterocycles. The van der Waals surface area contributed by atoms with Gasteiger partial charge in [0.1, 0.15) is 6.10 Å². The number of hydrogen-bond acceptors (Lipinski definition) is 3. The maximum absolute atomic E-state index is 10.8. The molecule has 0 unspecified atom stereocenters. The molecule has 0 saturated heterocycles. The summed E-state index contributed by atoms with van der Waals surface area (Å²) in [5, 5.41) is 0. The van der Waals surface area contributed by atoms with Gasteiger partial charge in [-0.3, -0.25) is 4.79 Å². The fourth-order valence-electron chi connectivity index (χ4n) is 0.850. The van der Waals surface area contributed by atoms with Gasteiger partial charge in [0.15, 0.2) is 0 Å². The first-order valence-corrected chi connectivity index (χ1v) is 3.98. The molecule has 1 saturated carbocycles. The number of ether oxygens (including phenoxy) is 1. The minimum absolute atomic E-state index is 0.0259. The Bertz CT molecular complexity index is 170. The minimum atomic E-state index is -0.655. The van der Waals surface area contributed by atoms with Gasteiger partial charge in [-0.25, -0.2) is 4.79 Å². The van der Waals surface area contributed by atoms with E-state index in [0.29, 0.717) is 0 Å². The van der Waals surface area contributed by atoms with Crippen LogP contribution in [-0.4, -0.2) is 17.9 Å². The van der Waals surface area contributed by atoms with Crippen molar-refractivity contribution in [2.24, 2.45) is 0 Å². The lowest BCUT2D eigenvalue weighted by Crippen LogP contribution is -2.28. The van der Waals surface area contributed by atoms with Crippen LogP contribution in [0.2, 0.25) is 0 Å². The zero-order valence-corrected chi connectivity index (χ0v) is 6.63. The Balaban J connectivity index is 2.24. The van der Waals surface area contributed by atoms with E-state index in [9.17, 15) is 9.59 Å². The van der Waals surface area contributed by atoms with Crippen LogP contribution in [0.3, 0.4) is 0 Å². The molecule has 11 heavy (non-hydrogen) atoms. The molecule has 1 aliphatic carbocycles. The van der Waals surface area contributed by atoms with Gasteiger partial charge in [-0.15, -0.1) is 0 Å². The number of Topliss-reactive ketones (excluding diaryl/α,β-unsaturated/α-hetero) is 1. The molecule has 62 valence electrons. The zero-order valence-electron chi connectivity index (χ0n) is 6.63. The molecule has 0 amide bonds. The predicted octanol–water partition coefficient (Wildman–Crippen LogP) is 1.06. The molecule has 0 spiro atoms. The maximum atomic E-state index is 10.8. The second-order valence-corrected chi connectivity index (χ2v) is 2.73. The molecule has 0 aromatic rings. The van der Waals surface area contributed by atoms with Crippen molar-refractivity contribution in [1.82, 2.24) is 0 Å². The van der Waals surface area contributed by atoms with Gasteiger partial charge in [-0.05, 0) is 19.3 Å².